The molecule has 0 spiro atoms. The van der Waals surface area contributed by atoms with Gasteiger partial charge in [-0.2, -0.15) is 0 Å². The minimum absolute atomic E-state index is 0.0514. The van der Waals surface area contributed by atoms with Crippen LogP contribution >= 0.6 is 34.9 Å². The van der Waals surface area contributed by atoms with E-state index < -0.39 is 5.97 Å². The van der Waals surface area contributed by atoms with Gasteiger partial charge in [0.25, 0.3) is 0 Å². The first-order valence-corrected chi connectivity index (χ1v) is 12.2. The Bertz CT molecular complexity index is 1280. The zero-order valence-corrected chi connectivity index (χ0v) is 20.1. The predicted molar refractivity (Wildman–Crippen MR) is 135 cm³/mol. The number of para-hydroxylation sites is 1. The minimum atomic E-state index is -0.641. The van der Waals surface area contributed by atoms with Crippen molar-refractivity contribution in [3.63, 3.8) is 0 Å². The molecule has 0 fully saturated rings. The van der Waals surface area contributed by atoms with Gasteiger partial charge in [-0.15, -0.1) is 11.3 Å². The lowest BCUT2D eigenvalue weighted by atomic mass is 10.1. The van der Waals surface area contributed by atoms with Crippen LogP contribution in [0.15, 0.2) is 83.1 Å². The number of carbonyl (C=O) groups is 1. The minimum Gasteiger partial charge on any atom is -0.507 e. The number of nitrogens with one attached hydrogen (secondary N) is 1. The lowest BCUT2D eigenvalue weighted by molar-refractivity contribution is 0.0447. The number of ether oxygens (including phenoxy) is 2. The molecule has 0 saturated carbocycles. The van der Waals surface area contributed by atoms with E-state index in [-0.39, 0.29) is 30.3 Å². The zero-order chi connectivity index (χ0) is 23.9. The Kier molecular flexibility index (Phi) is 7.95. The van der Waals surface area contributed by atoms with E-state index in [1.807, 2.05) is 36.4 Å². The third-order valence-electron chi connectivity index (χ3n) is 4.62. The van der Waals surface area contributed by atoms with E-state index in [0.29, 0.717) is 21.3 Å². The Balaban J connectivity index is 1.31. The number of carbonyl (C=O) groups excluding carboxylic acids is 1. The molecule has 0 aliphatic carbocycles. The Morgan fingerprint density at radius 1 is 1.03 bits per heavy atom. The highest BCUT2D eigenvalue weighted by molar-refractivity contribution is 8.02. The van der Waals surface area contributed by atoms with Gasteiger partial charge in [0.2, 0.25) is 0 Å². The summed E-state index contributed by atoms with van der Waals surface area (Å²) >= 11 is 8.98. The molecular formula is C25H19ClFNO4S2. The van der Waals surface area contributed by atoms with Crippen molar-refractivity contribution < 1.29 is 23.8 Å². The third kappa shape index (κ3) is 6.22. The van der Waals surface area contributed by atoms with Gasteiger partial charge in [-0.3, -0.25) is 0 Å². The number of phenols is 1. The van der Waals surface area contributed by atoms with E-state index in [9.17, 15) is 14.3 Å². The average Bonchev–Trinajstić information content (AvgIpc) is 3.21. The molecule has 0 bridgehead atoms. The van der Waals surface area contributed by atoms with E-state index in [1.54, 1.807) is 18.2 Å². The Morgan fingerprint density at radius 2 is 1.85 bits per heavy atom. The van der Waals surface area contributed by atoms with Gasteiger partial charge >= 0.3 is 5.97 Å². The molecular weight excluding hydrogens is 497 g/mol. The van der Waals surface area contributed by atoms with Crippen LogP contribution < -0.4 is 9.46 Å². The molecule has 9 heteroatoms. The van der Waals surface area contributed by atoms with E-state index in [4.69, 9.17) is 21.1 Å². The van der Waals surface area contributed by atoms with Gasteiger partial charge in [0.15, 0.2) is 0 Å². The molecule has 0 aliphatic rings. The molecule has 0 unspecified atom stereocenters. The normalized spacial score (nSPS) is 10.6. The maximum atomic E-state index is 13.5. The average molecular weight is 516 g/mol. The fourth-order valence-corrected chi connectivity index (χ4v) is 5.27. The maximum absolute atomic E-state index is 13.5. The number of aromatic hydroxyl groups is 1. The second-order valence-electron chi connectivity index (χ2n) is 7.00. The van der Waals surface area contributed by atoms with Crippen molar-refractivity contribution in [2.75, 3.05) is 17.9 Å². The summed E-state index contributed by atoms with van der Waals surface area (Å²) in [6.07, 6.45) is 0. The summed E-state index contributed by atoms with van der Waals surface area (Å²) in [5.74, 6) is -0.489. The van der Waals surface area contributed by atoms with Crippen LogP contribution in [0.2, 0.25) is 4.34 Å². The molecule has 0 aliphatic heterocycles. The van der Waals surface area contributed by atoms with Crippen molar-refractivity contribution in [2.24, 2.45) is 0 Å². The van der Waals surface area contributed by atoms with Crippen LogP contribution in [-0.2, 0) is 4.74 Å². The number of thiophene rings is 1. The standard InChI is InChI=1S/C25H19ClFNO4S2/c26-24-21(16-5-4-6-17(27)13-16)15-23(33-24)34-28-18-9-10-20(22(29)14-18)25(30)32-12-11-31-19-7-2-1-3-8-19/h1-10,13-15,28-29H,11-12H2. The zero-order valence-electron chi connectivity index (χ0n) is 17.7. The van der Waals surface area contributed by atoms with Crippen LogP contribution in [0.25, 0.3) is 11.1 Å². The van der Waals surface area contributed by atoms with Crippen molar-refractivity contribution in [3.05, 3.63) is 94.6 Å². The number of rotatable bonds is 9. The molecule has 1 heterocycles. The number of anilines is 1. The molecule has 0 saturated heterocycles. The lowest BCUT2D eigenvalue weighted by Gasteiger charge is -2.10. The first kappa shape index (κ1) is 23.9. The van der Waals surface area contributed by atoms with E-state index >= 15 is 0 Å². The summed E-state index contributed by atoms with van der Waals surface area (Å²) in [5.41, 5.74) is 2.08. The number of hydrogen-bond donors (Lipinski definition) is 2. The molecule has 1 aromatic heterocycles. The number of benzene rings is 3. The quantitative estimate of drug-likeness (QED) is 0.139. The molecule has 0 atom stereocenters. The first-order valence-electron chi connectivity index (χ1n) is 10.2. The predicted octanol–water partition coefficient (Wildman–Crippen LogP) is 7.27. The maximum Gasteiger partial charge on any atom is 0.342 e. The van der Waals surface area contributed by atoms with Crippen LogP contribution in [-0.4, -0.2) is 24.3 Å². The van der Waals surface area contributed by atoms with Gasteiger partial charge in [-0.05, 0) is 60.0 Å². The molecule has 4 aromatic rings. The number of phenolic OH excluding ortho intramolecular Hbond substituents is 1. The van der Waals surface area contributed by atoms with Crippen LogP contribution in [0, 0.1) is 5.82 Å². The largest absolute Gasteiger partial charge is 0.507 e. The van der Waals surface area contributed by atoms with E-state index in [2.05, 4.69) is 4.72 Å². The summed E-state index contributed by atoms with van der Waals surface area (Å²) < 4.78 is 28.7. The monoisotopic (exact) mass is 515 g/mol. The fraction of sp³-hybridized carbons (Fsp3) is 0.0800. The van der Waals surface area contributed by atoms with Gasteiger partial charge in [-0.1, -0.05) is 41.9 Å². The Morgan fingerprint density at radius 3 is 2.62 bits per heavy atom. The second-order valence-corrected chi connectivity index (χ2v) is 9.76. The molecule has 0 amide bonds. The summed E-state index contributed by atoms with van der Waals surface area (Å²) in [7, 11) is 0. The Labute approximate surface area is 209 Å². The molecule has 2 N–H and O–H groups in total. The van der Waals surface area contributed by atoms with Crippen molar-refractivity contribution in [2.45, 2.75) is 4.21 Å². The summed E-state index contributed by atoms with van der Waals surface area (Å²) in [4.78, 5) is 12.3. The highest BCUT2D eigenvalue weighted by Gasteiger charge is 2.14. The number of hydrogen-bond acceptors (Lipinski definition) is 7. The van der Waals surface area contributed by atoms with E-state index in [1.165, 1.54) is 47.6 Å². The number of halogens is 2. The van der Waals surface area contributed by atoms with Crippen LogP contribution in [0.1, 0.15) is 10.4 Å². The molecule has 3 aromatic carbocycles. The van der Waals surface area contributed by atoms with E-state index in [0.717, 1.165) is 9.77 Å². The number of esters is 1. The van der Waals surface area contributed by atoms with Gasteiger partial charge < -0.3 is 19.3 Å². The molecule has 4 rings (SSSR count). The summed E-state index contributed by atoms with van der Waals surface area (Å²) in [6.45, 7) is 0.254. The molecule has 34 heavy (non-hydrogen) atoms. The van der Waals surface area contributed by atoms with Crippen molar-refractivity contribution in [1.29, 1.82) is 0 Å². The van der Waals surface area contributed by atoms with Gasteiger partial charge in [0.05, 0.1) is 4.21 Å². The van der Waals surface area contributed by atoms with Crippen molar-refractivity contribution in [3.8, 4) is 22.6 Å². The fourth-order valence-electron chi connectivity index (χ4n) is 3.02. The second kappa shape index (κ2) is 11.3. The topological polar surface area (TPSA) is 67.8 Å². The summed E-state index contributed by atoms with van der Waals surface area (Å²) in [6, 6.07) is 21.9. The van der Waals surface area contributed by atoms with Gasteiger partial charge in [-0.25, -0.2) is 9.18 Å². The van der Waals surface area contributed by atoms with Crippen LogP contribution in [0.5, 0.6) is 11.5 Å². The van der Waals surface area contributed by atoms with Crippen LogP contribution in [0.3, 0.4) is 0 Å². The highest BCUT2D eigenvalue weighted by Crippen LogP contribution is 2.40. The van der Waals surface area contributed by atoms with Crippen molar-refractivity contribution in [1.82, 2.24) is 0 Å². The summed E-state index contributed by atoms with van der Waals surface area (Å²) in [5, 5.41) is 10.3. The SMILES string of the molecule is O=C(OCCOc1ccccc1)c1ccc(NSc2cc(-c3cccc(F)c3)c(Cl)s2)cc1O. The smallest absolute Gasteiger partial charge is 0.342 e. The van der Waals surface area contributed by atoms with Gasteiger partial charge in [0.1, 0.15) is 40.4 Å². The first-order chi connectivity index (χ1) is 16.5. The molecule has 174 valence electrons. The van der Waals surface area contributed by atoms with Crippen molar-refractivity contribution >= 4 is 46.5 Å². The molecule has 0 radical (unpaired) electrons. The third-order valence-corrected chi connectivity index (χ3v) is 6.93. The molecule has 5 nitrogen and oxygen atoms in total. The van der Waals surface area contributed by atoms with Gasteiger partial charge in [0, 0.05) is 17.3 Å². The van der Waals surface area contributed by atoms with Crippen LogP contribution in [0.4, 0.5) is 10.1 Å². The highest BCUT2D eigenvalue weighted by atomic mass is 35.5. The lowest BCUT2D eigenvalue weighted by Crippen LogP contribution is -2.12. The Hall–Kier alpha value is -3.20.